The fourth-order valence-electron chi connectivity index (χ4n) is 2.23. The van der Waals surface area contributed by atoms with Crippen molar-refractivity contribution in [1.29, 1.82) is 0 Å². The lowest BCUT2D eigenvalue weighted by atomic mass is 9.96. The van der Waals surface area contributed by atoms with Gasteiger partial charge in [0.25, 0.3) is 5.69 Å². The third kappa shape index (κ3) is 3.82. The Morgan fingerprint density at radius 2 is 1.80 bits per heavy atom. The van der Waals surface area contributed by atoms with Crippen molar-refractivity contribution in [2.75, 3.05) is 7.11 Å². The van der Waals surface area contributed by atoms with Crippen molar-refractivity contribution in [3.8, 4) is 0 Å². The second-order valence-electron chi connectivity index (χ2n) is 4.93. The first kappa shape index (κ1) is 18.1. The van der Waals surface area contributed by atoms with Gasteiger partial charge in [0.05, 0.1) is 23.7 Å². The molecule has 0 heterocycles. The summed E-state index contributed by atoms with van der Waals surface area (Å²) < 4.78 is 44.6. The van der Waals surface area contributed by atoms with Crippen LogP contribution in [0.1, 0.15) is 26.3 Å². The topological polar surface area (TPSA) is 86.5 Å². The van der Waals surface area contributed by atoms with Gasteiger partial charge in [-0.15, -0.1) is 0 Å². The standard InChI is InChI=1S/C16H10F3NO5/c1-25-16(22)11-5-10(18)7-13(20(23)24)15(11)14(21)4-8-2-3-9(17)6-12(8)19/h2-3,5-7H,4H2,1H3. The van der Waals surface area contributed by atoms with Crippen molar-refractivity contribution in [1.82, 2.24) is 0 Å². The Balaban J connectivity index is 2.57. The van der Waals surface area contributed by atoms with Gasteiger partial charge in [-0.1, -0.05) is 6.07 Å². The Kier molecular flexibility index (Phi) is 5.16. The number of ketones is 1. The molecule has 0 N–H and O–H groups in total. The molecule has 6 nitrogen and oxygen atoms in total. The maximum atomic E-state index is 13.7. The van der Waals surface area contributed by atoms with Crippen LogP contribution >= 0.6 is 0 Å². The Morgan fingerprint density at radius 3 is 2.36 bits per heavy atom. The van der Waals surface area contributed by atoms with E-state index >= 15 is 0 Å². The number of methoxy groups -OCH3 is 1. The van der Waals surface area contributed by atoms with E-state index in [1.54, 1.807) is 0 Å². The lowest BCUT2D eigenvalue weighted by Gasteiger charge is -2.09. The van der Waals surface area contributed by atoms with E-state index in [0.717, 1.165) is 19.2 Å². The Hall–Kier alpha value is -3.23. The molecule has 0 aliphatic rings. The molecule has 0 aliphatic carbocycles. The highest BCUT2D eigenvalue weighted by Crippen LogP contribution is 2.27. The van der Waals surface area contributed by atoms with Crippen molar-refractivity contribution in [3.63, 3.8) is 0 Å². The van der Waals surface area contributed by atoms with E-state index in [4.69, 9.17) is 0 Å². The number of hydrogen-bond acceptors (Lipinski definition) is 5. The maximum absolute atomic E-state index is 13.7. The van der Waals surface area contributed by atoms with Gasteiger partial charge in [-0.3, -0.25) is 14.9 Å². The molecule has 0 radical (unpaired) electrons. The summed E-state index contributed by atoms with van der Waals surface area (Å²) in [6.45, 7) is 0. The highest BCUT2D eigenvalue weighted by Gasteiger charge is 2.29. The van der Waals surface area contributed by atoms with E-state index in [9.17, 15) is 32.9 Å². The van der Waals surface area contributed by atoms with Gasteiger partial charge in [-0.05, 0) is 17.7 Å². The van der Waals surface area contributed by atoms with Gasteiger partial charge in [0.15, 0.2) is 5.78 Å². The Labute approximate surface area is 139 Å². The number of benzene rings is 2. The van der Waals surface area contributed by atoms with Crippen molar-refractivity contribution in [2.24, 2.45) is 0 Å². The SMILES string of the molecule is COC(=O)c1cc(F)cc([N+](=O)[O-])c1C(=O)Cc1ccc(F)cc1F. The van der Waals surface area contributed by atoms with E-state index < -0.39 is 57.4 Å². The number of esters is 1. The number of carbonyl (C=O) groups is 2. The molecule has 0 saturated heterocycles. The number of nitrogens with zero attached hydrogens (tertiary/aromatic N) is 1. The summed E-state index contributed by atoms with van der Waals surface area (Å²) >= 11 is 0. The van der Waals surface area contributed by atoms with Crippen molar-refractivity contribution in [2.45, 2.75) is 6.42 Å². The molecule has 2 rings (SSSR count). The number of nitro benzene ring substituents is 1. The highest BCUT2D eigenvalue weighted by molar-refractivity contribution is 6.09. The summed E-state index contributed by atoms with van der Waals surface area (Å²) in [6, 6.07) is 3.54. The summed E-state index contributed by atoms with van der Waals surface area (Å²) in [5.74, 6) is -5.19. The number of carbonyl (C=O) groups excluding carboxylic acids is 2. The first-order chi connectivity index (χ1) is 11.7. The summed E-state index contributed by atoms with van der Waals surface area (Å²) in [5, 5.41) is 11.1. The number of halogens is 3. The van der Waals surface area contributed by atoms with E-state index in [1.165, 1.54) is 0 Å². The second kappa shape index (κ2) is 7.12. The largest absolute Gasteiger partial charge is 0.465 e. The predicted molar refractivity (Wildman–Crippen MR) is 78.8 cm³/mol. The molecule has 0 amide bonds. The Bertz CT molecular complexity index is 882. The van der Waals surface area contributed by atoms with Crippen LogP contribution in [0.5, 0.6) is 0 Å². The molecule has 2 aromatic rings. The van der Waals surface area contributed by atoms with Crippen LogP contribution in [0.4, 0.5) is 18.9 Å². The first-order valence-corrected chi connectivity index (χ1v) is 6.78. The molecule has 0 atom stereocenters. The normalized spacial score (nSPS) is 10.4. The molecule has 0 unspecified atom stereocenters. The van der Waals surface area contributed by atoms with Gasteiger partial charge in [-0.25, -0.2) is 18.0 Å². The third-order valence-corrected chi connectivity index (χ3v) is 3.33. The van der Waals surface area contributed by atoms with Crippen molar-refractivity contribution in [3.05, 3.63) is 74.6 Å². The molecule has 25 heavy (non-hydrogen) atoms. The van der Waals surface area contributed by atoms with Gasteiger partial charge in [0, 0.05) is 12.5 Å². The van der Waals surface area contributed by atoms with E-state index in [0.29, 0.717) is 18.2 Å². The van der Waals surface area contributed by atoms with Crippen LogP contribution in [-0.2, 0) is 11.2 Å². The van der Waals surface area contributed by atoms with E-state index in [-0.39, 0.29) is 5.56 Å². The van der Waals surface area contributed by atoms with Crippen molar-refractivity contribution < 1.29 is 32.4 Å². The predicted octanol–water partition coefficient (Wildman–Crippen LogP) is 3.22. The average molecular weight is 353 g/mol. The summed E-state index contributed by atoms with van der Waals surface area (Å²) in [6.07, 6.45) is -0.692. The fourth-order valence-corrected chi connectivity index (χ4v) is 2.23. The molecule has 0 spiro atoms. The zero-order valence-corrected chi connectivity index (χ0v) is 12.7. The number of nitro groups is 1. The van der Waals surface area contributed by atoms with E-state index in [2.05, 4.69) is 4.74 Å². The van der Waals surface area contributed by atoms with E-state index in [1.807, 2.05) is 0 Å². The minimum absolute atomic E-state index is 0.235. The molecule has 0 saturated carbocycles. The van der Waals surface area contributed by atoms with Crippen LogP contribution in [0, 0.1) is 27.6 Å². The minimum atomic E-state index is -1.16. The van der Waals surface area contributed by atoms with Crippen LogP contribution in [0.2, 0.25) is 0 Å². The summed E-state index contributed by atoms with van der Waals surface area (Å²) in [7, 11) is 0.951. The molecule has 0 bridgehead atoms. The number of Topliss-reactive ketones (excluding diaryl/α,β-unsaturated/α-hetero) is 1. The molecular weight excluding hydrogens is 343 g/mol. The number of hydrogen-bond donors (Lipinski definition) is 0. The van der Waals surface area contributed by atoms with Crippen LogP contribution in [0.3, 0.4) is 0 Å². The zero-order valence-electron chi connectivity index (χ0n) is 12.7. The molecule has 0 aromatic heterocycles. The van der Waals surface area contributed by atoms with Crippen LogP contribution in [0.25, 0.3) is 0 Å². The van der Waals surface area contributed by atoms with Gasteiger partial charge in [-0.2, -0.15) is 0 Å². The Morgan fingerprint density at radius 1 is 1.12 bits per heavy atom. The minimum Gasteiger partial charge on any atom is -0.465 e. The van der Waals surface area contributed by atoms with Crippen LogP contribution in [-0.4, -0.2) is 23.8 Å². The number of rotatable bonds is 5. The van der Waals surface area contributed by atoms with Gasteiger partial charge >= 0.3 is 5.97 Å². The quantitative estimate of drug-likeness (QED) is 0.356. The van der Waals surface area contributed by atoms with Crippen LogP contribution in [0.15, 0.2) is 30.3 Å². The molecule has 9 heteroatoms. The lowest BCUT2D eigenvalue weighted by Crippen LogP contribution is -2.16. The molecule has 130 valence electrons. The number of ether oxygens (including phenoxy) is 1. The maximum Gasteiger partial charge on any atom is 0.338 e. The first-order valence-electron chi connectivity index (χ1n) is 6.78. The molecule has 0 aliphatic heterocycles. The molecular formula is C16H10F3NO5. The zero-order chi connectivity index (χ0) is 18.7. The average Bonchev–Trinajstić information content (AvgIpc) is 2.55. The van der Waals surface area contributed by atoms with Crippen molar-refractivity contribution >= 4 is 17.4 Å². The fraction of sp³-hybridized carbons (Fsp3) is 0.125. The van der Waals surface area contributed by atoms with Crippen LogP contribution < -0.4 is 0 Å². The second-order valence-corrected chi connectivity index (χ2v) is 4.93. The molecule has 0 fully saturated rings. The lowest BCUT2D eigenvalue weighted by molar-refractivity contribution is -0.385. The van der Waals surface area contributed by atoms with Gasteiger partial charge in [0.2, 0.25) is 0 Å². The smallest absolute Gasteiger partial charge is 0.338 e. The highest BCUT2D eigenvalue weighted by atomic mass is 19.1. The monoisotopic (exact) mass is 353 g/mol. The third-order valence-electron chi connectivity index (χ3n) is 3.33. The summed E-state index contributed by atoms with van der Waals surface area (Å²) in [5.41, 5.74) is -2.54. The summed E-state index contributed by atoms with van der Waals surface area (Å²) in [4.78, 5) is 34.3. The van der Waals surface area contributed by atoms with Gasteiger partial charge in [0.1, 0.15) is 23.0 Å². The van der Waals surface area contributed by atoms with Gasteiger partial charge < -0.3 is 4.74 Å². The molecule has 2 aromatic carbocycles.